The molecular formula is C14H14FNO4. The molecule has 0 fully saturated rings. The fourth-order valence-electron chi connectivity index (χ4n) is 1.47. The van der Waals surface area contributed by atoms with E-state index >= 15 is 0 Å². The Kier molecular flexibility index (Phi) is 5.69. The van der Waals surface area contributed by atoms with Crippen LogP contribution in [-0.4, -0.2) is 49.2 Å². The number of rotatable bonds is 3. The Morgan fingerprint density at radius 1 is 1.45 bits per heavy atom. The summed E-state index contributed by atoms with van der Waals surface area (Å²) in [6, 6.07) is 3.55. The molecule has 5 nitrogen and oxygen atoms in total. The average Bonchev–Trinajstić information content (AvgIpc) is 2.44. The van der Waals surface area contributed by atoms with Crippen molar-refractivity contribution in [3.63, 3.8) is 0 Å². The van der Waals surface area contributed by atoms with Gasteiger partial charge in [0, 0.05) is 12.6 Å². The number of likely N-dealkylation sites (N-methyl/N-ethyl adjacent to an activating group) is 1. The number of benzene rings is 1. The average molecular weight is 279 g/mol. The summed E-state index contributed by atoms with van der Waals surface area (Å²) in [5.74, 6) is 3.22. The predicted octanol–water partition coefficient (Wildman–Crippen LogP) is 0.414. The van der Waals surface area contributed by atoms with Crippen molar-refractivity contribution in [2.75, 3.05) is 27.3 Å². The topological polar surface area (TPSA) is 66.8 Å². The summed E-state index contributed by atoms with van der Waals surface area (Å²) in [5.41, 5.74) is 0.305. The van der Waals surface area contributed by atoms with Crippen LogP contribution in [-0.2, 0) is 9.53 Å². The Bertz CT molecular complexity index is 574. The van der Waals surface area contributed by atoms with E-state index in [0.717, 1.165) is 11.0 Å². The van der Waals surface area contributed by atoms with Crippen molar-refractivity contribution < 1.29 is 23.8 Å². The zero-order chi connectivity index (χ0) is 15.1. The molecule has 0 heterocycles. The molecule has 1 aromatic carbocycles. The summed E-state index contributed by atoms with van der Waals surface area (Å²) in [4.78, 5) is 24.4. The first-order chi connectivity index (χ1) is 9.49. The van der Waals surface area contributed by atoms with E-state index in [1.54, 1.807) is 0 Å². The van der Waals surface area contributed by atoms with E-state index in [0.29, 0.717) is 0 Å². The molecule has 0 radical (unpaired) electrons. The molecule has 0 aliphatic carbocycles. The van der Waals surface area contributed by atoms with Gasteiger partial charge in [-0.1, -0.05) is 11.8 Å². The minimum atomic E-state index is -0.589. The Hall–Kier alpha value is -2.39. The van der Waals surface area contributed by atoms with Gasteiger partial charge in [-0.3, -0.25) is 9.59 Å². The van der Waals surface area contributed by atoms with E-state index in [4.69, 9.17) is 5.11 Å². The van der Waals surface area contributed by atoms with Crippen molar-refractivity contribution in [3.8, 4) is 11.8 Å². The highest BCUT2D eigenvalue weighted by Crippen LogP contribution is 2.13. The molecule has 0 aliphatic heterocycles. The third-order valence-corrected chi connectivity index (χ3v) is 2.45. The normalized spacial score (nSPS) is 9.40. The molecule has 0 saturated carbocycles. The van der Waals surface area contributed by atoms with Gasteiger partial charge in [0.05, 0.1) is 12.7 Å². The Morgan fingerprint density at radius 2 is 2.15 bits per heavy atom. The standard InChI is InChI=1S/C14H14FNO4/c1-16(9-13(18)20-2)14(19)12-8-11(15)6-5-10(12)4-3-7-17/h5-6,8,17H,7,9H2,1-2H3. The Morgan fingerprint density at radius 3 is 2.75 bits per heavy atom. The number of carbonyl (C=O) groups excluding carboxylic acids is 2. The monoisotopic (exact) mass is 279 g/mol. The first-order valence-corrected chi connectivity index (χ1v) is 5.71. The molecule has 0 unspecified atom stereocenters. The van der Waals surface area contributed by atoms with E-state index in [9.17, 15) is 14.0 Å². The maximum Gasteiger partial charge on any atom is 0.325 e. The summed E-state index contributed by atoms with van der Waals surface area (Å²) in [7, 11) is 2.61. The second-order valence-electron chi connectivity index (χ2n) is 3.89. The summed E-state index contributed by atoms with van der Waals surface area (Å²) < 4.78 is 17.7. The molecule has 20 heavy (non-hydrogen) atoms. The van der Waals surface area contributed by atoms with Crippen LogP contribution in [0.5, 0.6) is 0 Å². The zero-order valence-electron chi connectivity index (χ0n) is 11.1. The molecule has 0 aliphatic rings. The van der Waals surface area contributed by atoms with Gasteiger partial charge in [0.2, 0.25) is 0 Å². The molecule has 106 valence electrons. The summed E-state index contributed by atoms with van der Waals surface area (Å²) >= 11 is 0. The van der Waals surface area contributed by atoms with E-state index in [2.05, 4.69) is 16.6 Å². The highest BCUT2D eigenvalue weighted by molar-refractivity contribution is 5.98. The molecule has 1 rings (SSSR count). The number of amides is 1. The summed E-state index contributed by atoms with van der Waals surface area (Å²) in [5, 5.41) is 8.67. The van der Waals surface area contributed by atoms with Crippen molar-refractivity contribution in [3.05, 3.63) is 35.1 Å². The molecule has 0 atom stereocenters. The highest BCUT2D eigenvalue weighted by Gasteiger charge is 2.18. The number of aliphatic hydroxyl groups is 1. The van der Waals surface area contributed by atoms with Gasteiger partial charge in [-0.25, -0.2) is 4.39 Å². The number of halogens is 1. The van der Waals surface area contributed by atoms with Crippen LogP contribution in [0, 0.1) is 17.7 Å². The molecule has 1 N–H and O–H groups in total. The summed E-state index contributed by atoms with van der Waals surface area (Å²) in [6.07, 6.45) is 0. The summed E-state index contributed by atoms with van der Waals surface area (Å²) in [6.45, 7) is -0.623. The molecular weight excluding hydrogens is 265 g/mol. The highest BCUT2D eigenvalue weighted by atomic mass is 19.1. The van der Waals surface area contributed by atoms with Gasteiger partial charge in [-0.05, 0) is 18.2 Å². The van der Waals surface area contributed by atoms with Gasteiger partial charge in [0.15, 0.2) is 0 Å². The third kappa shape index (κ3) is 4.07. The van der Waals surface area contributed by atoms with Crippen molar-refractivity contribution >= 4 is 11.9 Å². The zero-order valence-corrected chi connectivity index (χ0v) is 11.1. The van der Waals surface area contributed by atoms with Crippen molar-refractivity contribution in [2.45, 2.75) is 0 Å². The van der Waals surface area contributed by atoms with Gasteiger partial charge in [0.1, 0.15) is 19.0 Å². The second kappa shape index (κ2) is 7.26. The largest absolute Gasteiger partial charge is 0.468 e. The maximum atomic E-state index is 13.3. The van der Waals surface area contributed by atoms with Crippen molar-refractivity contribution in [1.82, 2.24) is 4.90 Å². The maximum absolute atomic E-state index is 13.3. The van der Waals surface area contributed by atoms with Crippen molar-refractivity contribution in [1.29, 1.82) is 0 Å². The van der Waals surface area contributed by atoms with Gasteiger partial charge in [0.25, 0.3) is 5.91 Å². The Balaban J connectivity index is 3.07. The lowest BCUT2D eigenvalue weighted by Crippen LogP contribution is -2.33. The quantitative estimate of drug-likeness (QED) is 0.643. The number of ether oxygens (including phenoxy) is 1. The number of carbonyl (C=O) groups is 2. The van der Waals surface area contributed by atoms with Crippen LogP contribution < -0.4 is 0 Å². The van der Waals surface area contributed by atoms with Gasteiger partial charge in [-0.2, -0.15) is 0 Å². The fourth-order valence-corrected chi connectivity index (χ4v) is 1.47. The number of methoxy groups -OCH3 is 1. The molecule has 0 bridgehead atoms. The van der Waals surface area contributed by atoms with Crippen LogP contribution in [0.1, 0.15) is 15.9 Å². The molecule has 1 amide bonds. The van der Waals surface area contributed by atoms with Gasteiger partial charge < -0.3 is 14.7 Å². The van der Waals surface area contributed by atoms with E-state index in [1.807, 2.05) is 0 Å². The lowest BCUT2D eigenvalue weighted by atomic mass is 10.1. The smallest absolute Gasteiger partial charge is 0.325 e. The SMILES string of the molecule is COC(=O)CN(C)C(=O)c1cc(F)ccc1C#CCO. The van der Waals surface area contributed by atoms with Crippen LogP contribution in [0.3, 0.4) is 0 Å². The van der Waals surface area contributed by atoms with E-state index < -0.39 is 17.7 Å². The van der Waals surface area contributed by atoms with Crippen LogP contribution in [0.2, 0.25) is 0 Å². The number of hydrogen-bond acceptors (Lipinski definition) is 4. The predicted molar refractivity (Wildman–Crippen MR) is 69.3 cm³/mol. The number of aliphatic hydroxyl groups excluding tert-OH is 1. The molecule has 0 saturated heterocycles. The Labute approximate surface area is 116 Å². The molecule has 0 aromatic heterocycles. The van der Waals surface area contributed by atoms with E-state index in [-0.39, 0.29) is 24.3 Å². The van der Waals surface area contributed by atoms with Crippen LogP contribution in [0.15, 0.2) is 18.2 Å². The lowest BCUT2D eigenvalue weighted by Gasteiger charge is -2.16. The van der Waals surface area contributed by atoms with Crippen molar-refractivity contribution in [2.24, 2.45) is 0 Å². The van der Waals surface area contributed by atoms with E-state index in [1.165, 1.54) is 26.3 Å². The molecule has 1 aromatic rings. The van der Waals surface area contributed by atoms with Crippen LogP contribution >= 0.6 is 0 Å². The van der Waals surface area contributed by atoms with Crippen LogP contribution in [0.25, 0.3) is 0 Å². The number of hydrogen-bond donors (Lipinski definition) is 1. The third-order valence-electron chi connectivity index (χ3n) is 2.45. The van der Waals surface area contributed by atoms with Gasteiger partial charge >= 0.3 is 5.97 Å². The number of esters is 1. The van der Waals surface area contributed by atoms with Crippen LogP contribution in [0.4, 0.5) is 4.39 Å². The minimum absolute atomic E-state index is 0.0253. The first kappa shape index (κ1) is 15.7. The molecule has 6 heteroatoms. The first-order valence-electron chi connectivity index (χ1n) is 5.71. The number of nitrogens with zero attached hydrogens (tertiary/aromatic N) is 1. The minimum Gasteiger partial charge on any atom is -0.468 e. The van der Waals surface area contributed by atoms with Gasteiger partial charge in [-0.15, -0.1) is 0 Å². The fraction of sp³-hybridized carbons (Fsp3) is 0.286. The second-order valence-corrected chi connectivity index (χ2v) is 3.89. The molecule has 0 spiro atoms. The lowest BCUT2D eigenvalue weighted by molar-refractivity contribution is -0.141.